The molecule has 3 aromatic rings. The zero-order valence-corrected chi connectivity index (χ0v) is 40.5. The summed E-state index contributed by atoms with van der Waals surface area (Å²) in [6, 6.07) is 11.7. The van der Waals surface area contributed by atoms with E-state index in [1.165, 1.54) is 18.2 Å². The summed E-state index contributed by atoms with van der Waals surface area (Å²) in [5.41, 5.74) is 2.15. The first kappa shape index (κ1) is 51.7. The summed E-state index contributed by atoms with van der Waals surface area (Å²) in [6.07, 6.45) is 9.47. The third kappa shape index (κ3) is 11.3. The SMILES string of the molecule is CCCCOc1c(F)c(F)c(C2=C(C=CC3=[N+](CCCCS(=O)(=O)O)c4ccccc4C3(C)C)CCCC2=CC=C2N(CCCCS(=O)(=O)O)c3ccc(S(=O)(=O)O)cc3C2(C)C)c(F)c1F. The minimum Gasteiger partial charge on any atom is -0.487 e. The highest BCUT2D eigenvalue weighted by Crippen LogP contribution is 2.50. The zero-order chi connectivity index (χ0) is 49.3. The third-order valence-corrected chi connectivity index (χ3v) is 15.1. The monoisotopic (exact) mass is 993 g/mol. The number of halogens is 4. The molecule has 0 atom stereocenters. The Balaban J connectivity index is 1.55. The molecule has 19 heteroatoms. The van der Waals surface area contributed by atoms with E-state index in [-0.39, 0.29) is 55.7 Å². The summed E-state index contributed by atoms with van der Waals surface area (Å²) in [5, 5.41) is 0. The fourth-order valence-corrected chi connectivity index (χ4v) is 10.9. The van der Waals surface area contributed by atoms with Crippen molar-refractivity contribution >= 4 is 53.0 Å². The largest absolute Gasteiger partial charge is 0.487 e. The number of unbranched alkanes of at least 4 members (excludes halogenated alkanes) is 3. The molecule has 0 unspecified atom stereocenters. The van der Waals surface area contributed by atoms with Crippen LogP contribution in [0.1, 0.15) is 109 Å². The second-order valence-electron chi connectivity index (χ2n) is 18.1. The van der Waals surface area contributed by atoms with Crippen molar-refractivity contribution in [2.45, 2.75) is 108 Å². The molecule has 0 spiro atoms. The Bertz CT molecular complexity index is 2910. The molecule has 1 aliphatic carbocycles. The highest BCUT2D eigenvalue weighted by Gasteiger charge is 2.44. The van der Waals surface area contributed by atoms with Crippen molar-refractivity contribution < 1.29 is 65.8 Å². The number of nitrogens with zero attached hydrogens (tertiary/aromatic N) is 2. The molecule has 0 bridgehead atoms. The van der Waals surface area contributed by atoms with E-state index in [9.17, 15) is 38.9 Å². The quantitative estimate of drug-likeness (QED) is 0.0342. The molecule has 2 heterocycles. The zero-order valence-electron chi connectivity index (χ0n) is 38.1. The van der Waals surface area contributed by atoms with Crippen molar-refractivity contribution in [3.05, 3.63) is 124 Å². The van der Waals surface area contributed by atoms with Crippen molar-refractivity contribution in [2.75, 3.05) is 36.1 Å². The Kier molecular flexibility index (Phi) is 15.5. The fourth-order valence-electron chi connectivity index (χ4n) is 9.26. The first-order valence-corrected chi connectivity index (χ1v) is 26.8. The second kappa shape index (κ2) is 20.1. The Morgan fingerprint density at radius 2 is 1.39 bits per heavy atom. The van der Waals surface area contributed by atoms with Crippen molar-refractivity contribution in [1.82, 2.24) is 0 Å². The molecule has 67 heavy (non-hydrogen) atoms. The first-order valence-electron chi connectivity index (χ1n) is 22.2. The lowest BCUT2D eigenvalue weighted by Crippen LogP contribution is -2.28. The van der Waals surface area contributed by atoms with Gasteiger partial charge in [0.15, 0.2) is 23.1 Å². The lowest BCUT2D eigenvalue weighted by atomic mass is 9.79. The van der Waals surface area contributed by atoms with Gasteiger partial charge in [0, 0.05) is 47.5 Å². The molecule has 0 saturated carbocycles. The summed E-state index contributed by atoms with van der Waals surface area (Å²) < 4.78 is 172. The standard InChI is InChI=1S/C48H56F4N2O10S3/c1-6-7-27-64-46-44(51)42(49)41(43(50)45(46)52)40-31(19-23-38-47(2,3)34-17-8-9-18-36(34)53(38)25-10-12-28-65(55,56)57)15-14-16-32(40)20-24-39-48(4,5)35-30-33(67(61,62)63)21-22-37(35)54(39)26-11-13-29-66(58,59)60/h8-9,17-24,30H,6-7,10-16,25-29H2,1-5H3,(H2-,55,56,57,58,59,60,61,62,63)/p+1. The van der Waals surface area contributed by atoms with Gasteiger partial charge in [-0.05, 0) is 105 Å². The number of anilines is 1. The van der Waals surface area contributed by atoms with E-state index in [0.717, 1.165) is 17.0 Å². The number of rotatable bonds is 19. The molecule has 3 aromatic carbocycles. The smallest absolute Gasteiger partial charge is 0.294 e. The number of hydrogen-bond donors (Lipinski definition) is 3. The van der Waals surface area contributed by atoms with Crippen molar-refractivity contribution in [2.24, 2.45) is 0 Å². The van der Waals surface area contributed by atoms with Gasteiger partial charge in [-0.1, -0.05) is 57.5 Å². The average molecular weight is 994 g/mol. The number of ether oxygens (including phenoxy) is 1. The number of allylic oxidation sites excluding steroid dienone is 8. The Labute approximate surface area is 390 Å². The van der Waals surface area contributed by atoms with Gasteiger partial charge in [0.25, 0.3) is 30.4 Å². The van der Waals surface area contributed by atoms with Gasteiger partial charge in [-0.2, -0.15) is 38.6 Å². The van der Waals surface area contributed by atoms with Crippen LogP contribution in [-0.4, -0.2) is 80.4 Å². The van der Waals surface area contributed by atoms with Gasteiger partial charge >= 0.3 is 0 Å². The Hall–Kier alpha value is -4.66. The van der Waals surface area contributed by atoms with Crippen LogP contribution in [0.3, 0.4) is 0 Å². The normalized spacial score (nSPS) is 18.5. The summed E-state index contributed by atoms with van der Waals surface area (Å²) in [4.78, 5) is 1.46. The van der Waals surface area contributed by atoms with Gasteiger partial charge in [0.05, 0.1) is 34.0 Å². The van der Waals surface area contributed by atoms with E-state index in [1.807, 2.05) is 54.5 Å². The van der Waals surface area contributed by atoms with Crippen LogP contribution in [0.4, 0.5) is 28.9 Å². The Morgan fingerprint density at radius 1 is 0.746 bits per heavy atom. The fraction of sp³-hybridized carbons (Fsp3) is 0.438. The van der Waals surface area contributed by atoms with Gasteiger partial charge in [0.1, 0.15) is 6.54 Å². The van der Waals surface area contributed by atoms with Crippen LogP contribution in [0.2, 0.25) is 0 Å². The number of hydrogen-bond acceptors (Lipinski definition) is 8. The maximum atomic E-state index is 16.6. The minimum absolute atomic E-state index is 0.0713. The van der Waals surface area contributed by atoms with Gasteiger partial charge in [0.2, 0.25) is 17.3 Å². The average Bonchev–Trinajstić information content (AvgIpc) is 3.59. The van der Waals surface area contributed by atoms with Crippen molar-refractivity contribution in [3.8, 4) is 5.75 Å². The van der Waals surface area contributed by atoms with Crippen LogP contribution >= 0.6 is 0 Å². The molecule has 0 fully saturated rings. The maximum Gasteiger partial charge on any atom is 0.294 e. The Morgan fingerprint density at radius 3 is 2.01 bits per heavy atom. The molecule has 0 radical (unpaired) electrons. The predicted octanol–water partition coefficient (Wildman–Crippen LogP) is 10.2. The molecule has 3 N–H and O–H groups in total. The van der Waals surface area contributed by atoms with Gasteiger partial charge < -0.3 is 9.64 Å². The lowest BCUT2D eigenvalue weighted by Gasteiger charge is -2.28. The van der Waals surface area contributed by atoms with Gasteiger partial charge in [-0.3, -0.25) is 13.7 Å². The topological polar surface area (TPSA) is 179 Å². The third-order valence-electron chi connectivity index (χ3n) is 12.7. The first-order chi connectivity index (χ1) is 31.3. The lowest BCUT2D eigenvalue weighted by molar-refractivity contribution is -0.438. The van der Waals surface area contributed by atoms with E-state index < -0.39 is 87.3 Å². The van der Waals surface area contributed by atoms with E-state index >= 15 is 17.6 Å². The van der Waals surface area contributed by atoms with E-state index in [2.05, 4.69) is 0 Å². The summed E-state index contributed by atoms with van der Waals surface area (Å²) >= 11 is 0. The molecular weight excluding hydrogens is 937 g/mol. The van der Waals surface area contributed by atoms with Crippen molar-refractivity contribution in [1.29, 1.82) is 0 Å². The van der Waals surface area contributed by atoms with E-state index in [0.29, 0.717) is 60.3 Å². The van der Waals surface area contributed by atoms with Crippen LogP contribution in [0, 0.1) is 23.3 Å². The van der Waals surface area contributed by atoms with Crippen LogP contribution in [0.25, 0.3) is 5.57 Å². The second-order valence-corrected chi connectivity index (χ2v) is 22.7. The van der Waals surface area contributed by atoms with Crippen LogP contribution in [0.15, 0.2) is 88.5 Å². The van der Waals surface area contributed by atoms with Crippen LogP contribution < -0.4 is 9.64 Å². The van der Waals surface area contributed by atoms with Crippen LogP contribution in [-0.2, 0) is 41.2 Å². The number of para-hydroxylation sites is 1. The number of benzene rings is 3. The molecule has 6 rings (SSSR count). The maximum absolute atomic E-state index is 16.6. The summed E-state index contributed by atoms with van der Waals surface area (Å²) in [6.45, 7) is 9.75. The van der Waals surface area contributed by atoms with E-state index in [1.54, 1.807) is 38.2 Å². The minimum atomic E-state index is -4.63. The molecule has 3 aliphatic rings. The molecule has 12 nitrogen and oxygen atoms in total. The highest BCUT2D eigenvalue weighted by atomic mass is 32.2. The predicted molar refractivity (Wildman–Crippen MR) is 250 cm³/mol. The van der Waals surface area contributed by atoms with Gasteiger partial charge in [-0.15, -0.1) is 0 Å². The molecule has 2 aliphatic heterocycles. The molecule has 0 saturated heterocycles. The molecule has 364 valence electrons. The molecule has 0 amide bonds. The number of fused-ring (bicyclic) bond motifs is 2. The van der Waals surface area contributed by atoms with Crippen molar-refractivity contribution in [3.63, 3.8) is 0 Å². The van der Waals surface area contributed by atoms with Gasteiger partial charge in [-0.25, -0.2) is 8.78 Å². The van der Waals surface area contributed by atoms with E-state index in [4.69, 9.17) is 4.74 Å². The van der Waals surface area contributed by atoms with Crippen LogP contribution in [0.5, 0.6) is 5.75 Å². The molecule has 0 aromatic heterocycles. The summed E-state index contributed by atoms with van der Waals surface area (Å²) in [7, 11) is -13.1. The molecular formula is C48H57F4N2O10S3+. The highest BCUT2D eigenvalue weighted by molar-refractivity contribution is 7.86. The summed E-state index contributed by atoms with van der Waals surface area (Å²) in [5.74, 6) is -8.79.